The van der Waals surface area contributed by atoms with E-state index in [2.05, 4.69) is 33.9 Å². The number of allylic oxidation sites excluding steroid dienone is 2. The van der Waals surface area contributed by atoms with Gasteiger partial charge in [-0.05, 0) is 37.0 Å². The van der Waals surface area contributed by atoms with Crippen LogP contribution < -0.4 is 0 Å². The van der Waals surface area contributed by atoms with Gasteiger partial charge in [0.25, 0.3) is 8.32 Å². The molecule has 108 valence electrons. The Hall–Kier alpha value is -1.03. The summed E-state index contributed by atoms with van der Waals surface area (Å²) in [5.41, 5.74) is 0.848. The van der Waals surface area contributed by atoms with Crippen LogP contribution in [0.3, 0.4) is 0 Å². The first-order valence-electron chi connectivity index (χ1n) is 6.85. The molecule has 1 rings (SSSR count). The fourth-order valence-corrected chi connectivity index (χ4v) is 2.71. The maximum absolute atomic E-state index is 12.4. The molecule has 0 aromatic heterocycles. The normalized spacial score (nSPS) is 19.4. The lowest BCUT2D eigenvalue weighted by molar-refractivity contribution is -0.114. The summed E-state index contributed by atoms with van der Waals surface area (Å²) in [7, 11) is 1.94. The van der Waals surface area contributed by atoms with Gasteiger partial charge in [-0.15, -0.1) is 0 Å². The fraction of sp³-hybridized carbons (Fsp3) is 0.667. The van der Waals surface area contributed by atoms with Crippen LogP contribution in [0.4, 0.5) is 0 Å². The summed E-state index contributed by atoms with van der Waals surface area (Å²) in [5, 5.41) is 0.108. The standard InChI is InChI=1S/C15H27NO2Si/c1-15(2,3)19(6,7)18-13-10-8-9-12(14(13)17)11-16(4)5/h10-11H,8-9H2,1-7H3/b12-11+. The molecule has 0 radical (unpaired) electrons. The molecule has 0 bridgehead atoms. The summed E-state index contributed by atoms with van der Waals surface area (Å²) in [6.45, 7) is 10.9. The maximum Gasteiger partial charge on any atom is 0.250 e. The highest BCUT2D eigenvalue weighted by Gasteiger charge is 2.40. The third-order valence-corrected chi connectivity index (χ3v) is 8.19. The summed E-state index contributed by atoms with van der Waals surface area (Å²) in [4.78, 5) is 14.3. The van der Waals surface area contributed by atoms with Gasteiger partial charge in [-0.3, -0.25) is 4.79 Å². The SMILES string of the molecule is CN(C)/C=C1\CCC=C(O[Si](C)(C)C(C)(C)C)C1=O. The van der Waals surface area contributed by atoms with E-state index in [1.807, 2.05) is 31.3 Å². The lowest BCUT2D eigenvalue weighted by Crippen LogP contribution is -2.41. The van der Waals surface area contributed by atoms with E-state index in [-0.39, 0.29) is 10.8 Å². The number of hydrogen-bond donors (Lipinski definition) is 0. The van der Waals surface area contributed by atoms with Crippen LogP contribution in [0.1, 0.15) is 33.6 Å². The average molecular weight is 281 g/mol. The topological polar surface area (TPSA) is 29.5 Å². The van der Waals surface area contributed by atoms with Crippen molar-refractivity contribution in [1.82, 2.24) is 4.90 Å². The molecule has 0 heterocycles. The molecular weight excluding hydrogens is 254 g/mol. The van der Waals surface area contributed by atoms with Gasteiger partial charge >= 0.3 is 0 Å². The number of Topliss-reactive ketones (excluding diaryl/α,β-unsaturated/α-hetero) is 1. The molecule has 0 aliphatic heterocycles. The van der Waals surface area contributed by atoms with E-state index in [0.29, 0.717) is 5.76 Å². The van der Waals surface area contributed by atoms with Gasteiger partial charge in [0.05, 0.1) is 0 Å². The van der Waals surface area contributed by atoms with Crippen LogP contribution in [-0.4, -0.2) is 33.1 Å². The van der Waals surface area contributed by atoms with Crippen LogP contribution in [0.25, 0.3) is 0 Å². The Labute approximate surface area is 118 Å². The Morgan fingerprint density at radius 1 is 1.32 bits per heavy atom. The molecule has 0 spiro atoms. The molecule has 1 aliphatic rings. The molecule has 0 aromatic rings. The van der Waals surface area contributed by atoms with Crippen molar-refractivity contribution >= 4 is 14.1 Å². The van der Waals surface area contributed by atoms with E-state index in [1.54, 1.807) is 0 Å². The van der Waals surface area contributed by atoms with Gasteiger partial charge in [0, 0.05) is 25.9 Å². The van der Waals surface area contributed by atoms with E-state index in [1.165, 1.54) is 0 Å². The summed E-state index contributed by atoms with van der Waals surface area (Å²) >= 11 is 0. The highest BCUT2D eigenvalue weighted by atomic mass is 28.4. The van der Waals surface area contributed by atoms with Crippen molar-refractivity contribution in [2.24, 2.45) is 0 Å². The Balaban J connectivity index is 2.92. The summed E-state index contributed by atoms with van der Waals surface area (Å²) in [6.07, 6.45) is 5.55. The van der Waals surface area contributed by atoms with E-state index >= 15 is 0 Å². The molecule has 4 heteroatoms. The van der Waals surface area contributed by atoms with Gasteiger partial charge in [0.15, 0.2) is 0 Å². The molecule has 0 atom stereocenters. The van der Waals surface area contributed by atoms with E-state index in [0.717, 1.165) is 18.4 Å². The van der Waals surface area contributed by atoms with Crippen molar-refractivity contribution in [2.45, 2.75) is 51.7 Å². The predicted molar refractivity (Wildman–Crippen MR) is 82.4 cm³/mol. The number of ketones is 1. The minimum Gasteiger partial charge on any atom is -0.541 e. The quantitative estimate of drug-likeness (QED) is 0.583. The van der Waals surface area contributed by atoms with Crippen LogP contribution >= 0.6 is 0 Å². The van der Waals surface area contributed by atoms with Crippen molar-refractivity contribution < 1.29 is 9.22 Å². The molecule has 0 unspecified atom stereocenters. The third kappa shape index (κ3) is 3.96. The number of rotatable bonds is 3. The number of carbonyl (C=O) groups excluding carboxylic acids is 1. The van der Waals surface area contributed by atoms with Crippen molar-refractivity contribution in [2.75, 3.05) is 14.1 Å². The second-order valence-electron chi connectivity index (χ2n) is 6.92. The first kappa shape index (κ1) is 16.0. The van der Waals surface area contributed by atoms with Gasteiger partial charge in [0.1, 0.15) is 5.76 Å². The number of hydrogen-bond acceptors (Lipinski definition) is 3. The second-order valence-corrected chi connectivity index (χ2v) is 11.6. The molecule has 0 saturated carbocycles. The second kappa shape index (κ2) is 5.53. The Bertz CT molecular complexity index is 414. The largest absolute Gasteiger partial charge is 0.541 e. The molecule has 19 heavy (non-hydrogen) atoms. The Kier molecular flexibility index (Phi) is 4.66. The fourth-order valence-electron chi connectivity index (χ4n) is 1.67. The zero-order valence-electron chi connectivity index (χ0n) is 13.3. The number of carbonyl (C=O) groups is 1. The minimum absolute atomic E-state index is 0.0600. The first-order valence-corrected chi connectivity index (χ1v) is 9.76. The van der Waals surface area contributed by atoms with Crippen LogP contribution in [0.2, 0.25) is 18.1 Å². The number of nitrogens with zero attached hydrogens (tertiary/aromatic N) is 1. The van der Waals surface area contributed by atoms with Gasteiger partial charge in [-0.2, -0.15) is 0 Å². The van der Waals surface area contributed by atoms with Crippen molar-refractivity contribution in [3.8, 4) is 0 Å². The molecule has 0 saturated heterocycles. The molecule has 3 nitrogen and oxygen atoms in total. The Morgan fingerprint density at radius 2 is 1.89 bits per heavy atom. The highest BCUT2D eigenvalue weighted by molar-refractivity contribution is 6.74. The van der Waals surface area contributed by atoms with Crippen molar-refractivity contribution in [1.29, 1.82) is 0 Å². The van der Waals surface area contributed by atoms with Crippen molar-refractivity contribution in [3.63, 3.8) is 0 Å². The van der Waals surface area contributed by atoms with Crippen molar-refractivity contribution in [3.05, 3.63) is 23.6 Å². The summed E-state index contributed by atoms with van der Waals surface area (Å²) in [5.74, 6) is 0.621. The summed E-state index contributed by atoms with van der Waals surface area (Å²) < 4.78 is 6.16. The van der Waals surface area contributed by atoms with E-state index in [9.17, 15) is 4.79 Å². The van der Waals surface area contributed by atoms with Crippen LogP contribution in [0, 0.1) is 0 Å². The molecular formula is C15H27NO2Si. The highest BCUT2D eigenvalue weighted by Crippen LogP contribution is 2.39. The zero-order chi connectivity index (χ0) is 14.8. The van der Waals surface area contributed by atoms with E-state index in [4.69, 9.17) is 4.43 Å². The maximum atomic E-state index is 12.4. The van der Waals surface area contributed by atoms with E-state index < -0.39 is 8.32 Å². The first-order chi connectivity index (χ1) is 8.54. The average Bonchev–Trinajstić information content (AvgIpc) is 2.21. The lowest BCUT2D eigenvalue weighted by atomic mass is 9.99. The Morgan fingerprint density at radius 3 is 2.37 bits per heavy atom. The van der Waals surface area contributed by atoms with Gasteiger partial charge in [-0.25, -0.2) is 0 Å². The molecule has 1 aliphatic carbocycles. The monoisotopic (exact) mass is 281 g/mol. The zero-order valence-corrected chi connectivity index (χ0v) is 14.3. The molecule has 0 aromatic carbocycles. The lowest BCUT2D eigenvalue weighted by Gasteiger charge is -2.37. The summed E-state index contributed by atoms with van der Waals surface area (Å²) in [6, 6.07) is 0. The minimum atomic E-state index is -1.93. The van der Waals surface area contributed by atoms with Crippen LogP contribution in [0.5, 0.6) is 0 Å². The van der Waals surface area contributed by atoms with Gasteiger partial charge in [0.2, 0.25) is 5.78 Å². The molecule has 0 N–H and O–H groups in total. The van der Waals surface area contributed by atoms with Crippen LogP contribution in [0.15, 0.2) is 23.6 Å². The molecule has 0 amide bonds. The van der Waals surface area contributed by atoms with Gasteiger partial charge in [-0.1, -0.05) is 20.8 Å². The van der Waals surface area contributed by atoms with Gasteiger partial charge < -0.3 is 9.33 Å². The predicted octanol–water partition coefficient (Wildman–Crippen LogP) is 3.70. The third-order valence-electron chi connectivity index (χ3n) is 3.84. The smallest absolute Gasteiger partial charge is 0.250 e. The molecule has 0 fully saturated rings. The van der Waals surface area contributed by atoms with Crippen LogP contribution in [-0.2, 0) is 9.22 Å².